The first-order valence-corrected chi connectivity index (χ1v) is 9.77. The van der Waals surface area contributed by atoms with Gasteiger partial charge in [0.1, 0.15) is 12.0 Å². The second-order valence-electron chi connectivity index (χ2n) is 6.77. The van der Waals surface area contributed by atoms with E-state index in [1.807, 2.05) is 12.1 Å². The fraction of sp³-hybridized carbons (Fsp3) is 0.300. The highest BCUT2D eigenvalue weighted by molar-refractivity contribution is 6.42. The van der Waals surface area contributed by atoms with Crippen LogP contribution in [-0.2, 0) is 19.6 Å². The molecule has 1 aromatic carbocycles. The molecule has 0 aliphatic heterocycles. The van der Waals surface area contributed by atoms with Gasteiger partial charge >= 0.3 is 0 Å². The quantitative estimate of drug-likeness (QED) is 0.574. The largest absolute Gasteiger partial charge is 0.467 e. The average Bonchev–Trinajstić information content (AvgIpc) is 3.20. The van der Waals surface area contributed by atoms with Crippen LogP contribution < -0.4 is 5.32 Å². The predicted molar refractivity (Wildman–Crippen MR) is 105 cm³/mol. The zero-order chi connectivity index (χ0) is 19.5. The number of oxazole rings is 1. The van der Waals surface area contributed by atoms with Gasteiger partial charge in [-0.2, -0.15) is 0 Å². The standard InChI is InChI=1S/C20H19Cl2N3O3/c21-16-6-3-13(8-17(16)22)10-25(14-4-5-14)11-19-24-18(12-28-19)20(26)23-9-15-2-1-7-27-15/h1-3,6-8,12,14H,4-5,9-11H2,(H,23,26). The van der Waals surface area contributed by atoms with Crippen LogP contribution >= 0.6 is 23.2 Å². The van der Waals surface area contributed by atoms with Crippen molar-refractivity contribution in [1.29, 1.82) is 0 Å². The fourth-order valence-electron chi connectivity index (χ4n) is 2.96. The number of nitrogens with zero attached hydrogens (tertiary/aromatic N) is 2. The van der Waals surface area contributed by atoms with E-state index >= 15 is 0 Å². The smallest absolute Gasteiger partial charge is 0.273 e. The number of carbonyl (C=O) groups excluding carboxylic acids is 1. The molecule has 8 heteroatoms. The van der Waals surface area contributed by atoms with Gasteiger partial charge in [0.2, 0.25) is 5.89 Å². The van der Waals surface area contributed by atoms with Gasteiger partial charge in [0.25, 0.3) is 5.91 Å². The maximum atomic E-state index is 12.2. The van der Waals surface area contributed by atoms with Crippen LogP contribution in [0.15, 0.2) is 51.7 Å². The summed E-state index contributed by atoms with van der Waals surface area (Å²) in [5.41, 5.74) is 1.33. The first kappa shape index (κ1) is 19.1. The SMILES string of the molecule is O=C(NCc1ccco1)c1coc(CN(Cc2ccc(Cl)c(Cl)c2)C2CC2)n1. The van der Waals surface area contributed by atoms with Crippen LogP contribution in [-0.4, -0.2) is 21.8 Å². The Hall–Kier alpha value is -2.28. The van der Waals surface area contributed by atoms with E-state index in [0.29, 0.717) is 47.4 Å². The van der Waals surface area contributed by atoms with Gasteiger partial charge in [0.15, 0.2) is 5.69 Å². The highest BCUT2D eigenvalue weighted by atomic mass is 35.5. The summed E-state index contributed by atoms with van der Waals surface area (Å²) in [5, 5.41) is 3.84. The van der Waals surface area contributed by atoms with Gasteiger partial charge < -0.3 is 14.2 Å². The van der Waals surface area contributed by atoms with Crippen LogP contribution in [0.3, 0.4) is 0 Å². The van der Waals surface area contributed by atoms with Crippen molar-refractivity contribution < 1.29 is 13.6 Å². The molecule has 1 saturated carbocycles. The zero-order valence-electron chi connectivity index (χ0n) is 15.0. The summed E-state index contributed by atoms with van der Waals surface area (Å²) in [6.45, 7) is 1.54. The summed E-state index contributed by atoms with van der Waals surface area (Å²) in [5.74, 6) is 0.891. The maximum absolute atomic E-state index is 12.2. The van der Waals surface area contributed by atoms with Gasteiger partial charge in [-0.05, 0) is 42.7 Å². The molecule has 1 amide bonds. The number of rotatable bonds is 8. The van der Waals surface area contributed by atoms with Crippen LogP contribution in [0.1, 0.15) is 40.5 Å². The number of benzene rings is 1. The molecule has 0 atom stereocenters. The van der Waals surface area contributed by atoms with Gasteiger partial charge in [0.05, 0.1) is 29.4 Å². The molecular formula is C20H19Cl2N3O3. The predicted octanol–water partition coefficient (Wildman–Crippen LogP) is 4.67. The van der Waals surface area contributed by atoms with E-state index in [-0.39, 0.29) is 11.6 Å². The van der Waals surface area contributed by atoms with Gasteiger partial charge in [0, 0.05) is 12.6 Å². The average molecular weight is 420 g/mol. The summed E-state index contributed by atoms with van der Waals surface area (Å²) >= 11 is 12.1. The molecular weight excluding hydrogens is 401 g/mol. The van der Waals surface area contributed by atoms with Gasteiger partial charge in [-0.15, -0.1) is 0 Å². The minimum absolute atomic E-state index is 0.256. The number of nitrogens with one attached hydrogen (secondary N) is 1. The summed E-state index contributed by atoms with van der Waals surface area (Å²) in [6, 6.07) is 9.70. The van der Waals surface area contributed by atoms with Gasteiger partial charge in [-0.25, -0.2) is 4.98 Å². The molecule has 1 aliphatic rings. The molecule has 3 aromatic rings. The van der Waals surface area contributed by atoms with Crippen LogP contribution in [0.25, 0.3) is 0 Å². The number of halogens is 2. The second kappa shape index (κ2) is 8.39. The molecule has 0 saturated heterocycles. The van der Waals surface area contributed by atoms with Crippen molar-refractivity contribution in [2.45, 2.75) is 38.5 Å². The van der Waals surface area contributed by atoms with E-state index in [2.05, 4.69) is 15.2 Å². The van der Waals surface area contributed by atoms with Crippen molar-refractivity contribution >= 4 is 29.1 Å². The third-order valence-corrected chi connectivity index (χ3v) is 5.30. The Balaban J connectivity index is 1.38. The molecule has 0 spiro atoms. The number of hydrogen-bond acceptors (Lipinski definition) is 5. The van der Waals surface area contributed by atoms with E-state index in [0.717, 1.165) is 18.4 Å². The van der Waals surface area contributed by atoms with E-state index in [9.17, 15) is 4.79 Å². The lowest BCUT2D eigenvalue weighted by molar-refractivity contribution is 0.0943. The zero-order valence-corrected chi connectivity index (χ0v) is 16.5. The Morgan fingerprint density at radius 3 is 2.75 bits per heavy atom. The van der Waals surface area contributed by atoms with Crippen molar-refractivity contribution in [2.75, 3.05) is 0 Å². The van der Waals surface area contributed by atoms with Crippen molar-refractivity contribution in [1.82, 2.24) is 15.2 Å². The lowest BCUT2D eigenvalue weighted by Gasteiger charge is -2.20. The van der Waals surface area contributed by atoms with Crippen LogP contribution in [0.2, 0.25) is 10.0 Å². The first-order valence-electron chi connectivity index (χ1n) is 9.01. The molecule has 1 fully saturated rings. The molecule has 1 aliphatic carbocycles. The molecule has 28 heavy (non-hydrogen) atoms. The van der Waals surface area contributed by atoms with Crippen molar-refractivity contribution in [2.24, 2.45) is 0 Å². The van der Waals surface area contributed by atoms with E-state index in [4.69, 9.17) is 32.0 Å². The Morgan fingerprint density at radius 2 is 2.04 bits per heavy atom. The second-order valence-corrected chi connectivity index (χ2v) is 7.59. The Kier molecular flexibility index (Phi) is 5.71. The normalized spacial score (nSPS) is 13.8. The molecule has 4 rings (SSSR count). The summed E-state index contributed by atoms with van der Waals surface area (Å²) in [6.07, 6.45) is 5.23. The van der Waals surface area contributed by atoms with E-state index in [1.54, 1.807) is 24.5 Å². The Bertz CT molecular complexity index is 952. The van der Waals surface area contributed by atoms with Crippen LogP contribution in [0.4, 0.5) is 0 Å². The molecule has 2 heterocycles. The summed E-state index contributed by atoms with van der Waals surface area (Å²) in [7, 11) is 0. The molecule has 0 radical (unpaired) electrons. The minimum atomic E-state index is -0.297. The molecule has 2 aromatic heterocycles. The highest BCUT2D eigenvalue weighted by Crippen LogP contribution is 2.31. The molecule has 6 nitrogen and oxygen atoms in total. The number of amides is 1. The highest BCUT2D eigenvalue weighted by Gasteiger charge is 2.30. The molecule has 0 bridgehead atoms. The number of hydrogen-bond donors (Lipinski definition) is 1. The van der Waals surface area contributed by atoms with Crippen LogP contribution in [0.5, 0.6) is 0 Å². The Labute approximate surface area is 172 Å². The van der Waals surface area contributed by atoms with Crippen molar-refractivity contribution in [3.05, 3.63) is 75.8 Å². The maximum Gasteiger partial charge on any atom is 0.273 e. The molecule has 146 valence electrons. The van der Waals surface area contributed by atoms with E-state index < -0.39 is 0 Å². The Morgan fingerprint density at radius 1 is 1.18 bits per heavy atom. The molecule has 1 N–H and O–H groups in total. The lowest BCUT2D eigenvalue weighted by Crippen LogP contribution is -2.26. The van der Waals surface area contributed by atoms with Gasteiger partial charge in [-0.1, -0.05) is 29.3 Å². The third kappa shape index (κ3) is 4.76. The van der Waals surface area contributed by atoms with E-state index in [1.165, 1.54) is 6.26 Å². The number of carbonyl (C=O) groups is 1. The monoisotopic (exact) mass is 419 g/mol. The third-order valence-electron chi connectivity index (χ3n) is 4.56. The number of aromatic nitrogens is 1. The summed E-state index contributed by atoms with van der Waals surface area (Å²) < 4.78 is 10.7. The lowest BCUT2D eigenvalue weighted by atomic mass is 10.2. The first-order chi connectivity index (χ1) is 13.6. The minimum Gasteiger partial charge on any atom is -0.467 e. The van der Waals surface area contributed by atoms with Gasteiger partial charge in [-0.3, -0.25) is 9.69 Å². The summed E-state index contributed by atoms with van der Waals surface area (Å²) in [4.78, 5) is 18.8. The topological polar surface area (TPSA) is 71.5 Å². The van der Waals surface area contributed by atoms with Crippen molar-refractivity contribution in [3.8, 4) is 0 Å². The molecule has 0 unspecified atom stereocenters. The van der Waals surface area contributed by atoms with Crippen molar-refractivity contribution in [3.63, 3.8) is 0 Å². The van der Waals surface area contributed by atoms with Crippen LogP contribution in [0, 0.1) is 0 Å². The fourth-order valence-corrected chi connectivity index (χ4v) is 3.28. The number of furan rings is 1.